The summed E-state index contributed by atoms with van der Waals surface area (Å²) < 4.78 is 1.23. The van der Waals surface area contributed by atoms with Gasteiger partial charge in [-0.05, 0) is 71.8 Å². The van der Waals surface area contributed by atoms with E-state index in [0.29, 0.717) is 0 Å². The molecular formula is C14H19BrN2. The largest absolute Gasteiger partial charge is 0.367 e. The highest BCUT2D eigenvalue weighted by molar-refractivity contribution is 9.10. The number of hydrogen-bond donors (Lipinski definition) is 1. The fourth-order valence-corrected chi connectivity index (χ4v) is 3.98. The summed E-state index contributed by atoms with van der Waals surface area (Å²) in [5, 5.41) is 0. The lowest BCUT2D eigenvalue weighted by atomic mass is 10.1. The number of hydrogen-bond acceptors (Lipinski definition) is 2. The van der Waals surface area contributed by atoms with Gasteiger partial charge in [0.15, 0.2) is 0 Å². The van der Waals surface area contributed by atoms with E-state index in [-0.39, 0.29) is 0 Å². The molecule has 1 aliphatic heterocycles. The predicted octanol–water partition coefficient (Wildman–Crippen LogP) is 2.94. The van der Waals surface area contributed by atoms with Crippen molar-refractivity contribution >= 4 is 21.6 Å². The summed E-state index contributed by atoms with van der Waals surface area (Å²) in [6, 6.07) is 7.50. The number of anilines is 1. The van der Waals surface area contributed by atoms with Crippen LogP contribution in [0.5, 0.6) is 0 Å². The van der Waals surface area contributed by atoms with Crippen LogP contribution in [0.15, 0.2) is 22.7 Å². The minimum absolute atomic E-state index is 0.722. The molecule has 17 heavy (non-hydrogen) atoms. The summed E-state index contributed by atoms with van der Waals surface area (Å²) in [6.45, 7) is 1.97. The average Bonchev–Trinajstić information content (AvgIpc) is 2.91. The van der Waals surface area contributed by atoms with E-state index in [4.69, 9.17) is 5.73 Å². The van der Waals surface area contributed by atoms with Crippen molar-refractivity contribution in [1.29, 1.82) is 0 Å². The van der Waals surface area contributed by atoms with Gasteiger partial charge in [-0.2, -0.15) is 0 Å². The van der Waals surface area contributed by atoms with Gasteiger partial charge in [0.25, 0.3) is 0 Å². The van der Waals surface area contributed by atoms with Crippen molar-refractivity contribution in [2.75, 3.05) is 18.0 Å². The van der Waals surface area contributed by atoms with Gasteiger partial charge in [0.2, 0.25) is 0 Å². The Kier molecular flexibility index (Phi) is 3.14. The van der Waals surface area contributed by atoms with E-state index in [1.807, 2.05) is 0 Å². The Balaban J connectivity index is 1.83. The molecule has 2 atom stereocenters. The smallest absolute Gasteiger partial charge is 0.0513 e. The van der Waals surface area contributed by atoms with Gasteiger partial charge >= 0.3 is 0 Å². The van der Waals surface area contributed by atoms with Crippen LogP contribution in [0.4, 0.5) is 5.69 Å². The molecule has 0 radical (unpaired) electrons. The topological polar surface area (TPSA) is 29.3 Å². The van der Waals surface area contributed by atoms with Gasteiger partial charge in [-0.15, -0.1) is 0 Å². The van der Waals surface area contributed by atoms with Crippen LogP contribution in [0.1, 0.15) is 24.8 Å². The minimum Gasteiger partial charge on any atom is -0.367 e. The molecule has 1 aliphatic carbocycles. The zero-order valence-electron chi connectivity index (χ0n) is 10.0. The second kappa shape index (κ2) is 4.62. The Morgan fingerprint density at radius 2 is 2.24 bits per heavy atom. The quantitative estimate of drug-likeness (QED) is 0.929. The van der Waals surface area contributed by atoms with E-state index in [0.717, 1.165) is 24.9 Å². The van der Waals surface area contributed by atoms with Gasteiger partial charge in [0, 0.05) is 17.1 Å². The molecule has 2 unspecified atom stereocenters. The number of rotatable bonds is 3. The molecule has 2 bridgehead atoms. The van der Waals surface area contributed by atoms with Crippen LogP contribution >= 0.6 is 15.9 Å². The van der Waals surface area contributed by atoms with Gasteiger partial charge in [-0.3, -0.25) is 0 Å². The maximum absolute atomic E-state index is 5.59. The van der Waals surface area contributed by atoms with Crippen LogP contribution in [0, 0.1) is 5.92 Å². The van der Waals surface area contributed by atoms with Crippen LogP contribution in [0.2, 0.25) is 0 Å². The predicted molar refractivity (Wildman–Crippen MR) is 75.4 cm³/mol. The average molecular weight is 295 g/mol. The zero-order valence-corrected chi connectivity index (χ0v) is 11.6. The maximum atomic E-state index is 5.59. The standard InChI is InChI=1S/C14H19BrN2/c15-13-8-10(5-6-16)2-4-14(13)17-9-11-1-3-12(17)7-11/h2,4,8,11-12H,1,3,5-7,9,16H2. The summed E-state index contributed by atoms with van der Waals surface area (Å²) in [7, 11) is 0. The highest BCUT2D eigenvalue weighted by Crippen LogP contribution is 2.42. The number of benzene rings is 1. The van der Waals surface area contributed by atoms with E-state index in [1.165, 1.54) is 41.5 Å². The molecular weight excluding hydrogens is 276 g/mol. The van der Waals surface area contributed by atoms with Gasteiger partial charge < -0.3 is 10.6 Å². The lowest BCUT2D eigenvalue weighted by Gasteiger charge is -2.30. The first kappa shape index (κ1) is 11.5. The zero-order chi connectivity index (χ0) is 11.8. The highest BCUT2D eigenvalue weighted by atomic mass is 79.9. The first-order chi connectivity index (χ1) is 8.28. The Morgan fingerprint density at radius 3 is 2.82 bits per heavy atom. The molecule has 92 valence electrons. The van der Waals surface area contributed by atoms with Crippen molar-refractivity contribution in [3.63, 3.8) is 0 Å². The van der Waals surface area contributed by atoms with Crippen LogP contribution in [-0.2, 0) is 6.42 Å². The third-order valence-corrected chi connectivity index (χ3v) is 4.80. The van der Waals surface area contributed by atoms with E-state index < -0.39 is 0 Å². The second-order valence-corrected chi connectivity index (χ2v) is 6.16. The number of nitrogens with zero attached hydrogens (tertiary/aromatic N) is 1. The second-order valence-electron chi connectivity index (χ2n) is 5.31. The molecule has 2 aliphatic rings. The molecule has 0 amide bonds. The highest BCUT2D eigenvalue weighted by Gasteiger charge is 2.38. The van der Waals surface area contributed by atoms with Crippen molar-refractivity contribution in [2.45, 2.75) is 31.7 Å². The van der Waals surface area contributed by atoms with Crippen molar-refractivity contribution in [3.05, 3.63) is 28.2 Å². The molecule has 1 aromatic rings. The fraction of sp³-hybridized carbons (Fsp3) is 0.571. The summed E-state index contributed by atoms with van der Waals surface area (Å²) in [6.07, 6.45) is 5.17. The lowest BCUT2D eigenvalue weighted by Crippen LogP contribution is -2.32. The normalized spacial score (nSPS) is 26.8. The van der Waals surface area contributed by atoms with Gasteiger partial charge in [-0.1, -0.05) is 6.07 Å². The SMILES string of the molecule is NCCc1ccc(N2CC3CCC2C3)c(Br)c1. The molecule has 0 spiro atoms. The molecule has 1 saturated heterocycles. The summed E-state index contributed by atoms with van der Waals surface area (Å²) in [4.78, 5) is 2.59. The molecule has 3 heteroatoms. The van der Waals surface area contributed by atoms with E-state index in [1.54, 1.807) is 0 Å². The first-order valence-corrected chi connectivity index (χ1v) is 7.32. The van der Waals surface area contributed by atoms with Crippen LogP contribution in [0.3, 0.4) is 0 Å². The van der Waals surface area contributed by atoms with Crippen LogP contribution in [-0.4, -0.2) is 19.1 Å². The van der Waals surface area contributed by atoms with Gasteiger partial charge in [-0.25, -0.2) is 0 Å². The monoisotopic (exact) mass is 294 g/mol. The summed E-state index contributed by atoms with van der Waals surface area (Å²) in [5.41, 5.74) is 8.29. The van der Waals surface area contributed by atoms with Crippen LogP contribution < -0.4 is 10.6 Å². The molecule has 1 saturated carbocycles. The molecule has 1 aromatic carbocycles. The van der Waals surface area contributed by atoms with Crippen molar-refractivity contribution in [2.24, 2.45) is 11.7 Å². The van der Waals surface area contributed by atoms with Gasteiger partial charge in [0.05, 0.1) is 5.69 Å². The Morgan fingerprint density at radius 1 is 1.35 bits per heavy atom. The third kappa shape index (κ3) is 2.11. The summed E-state index contributed by atoms with van der Waals surface area (Å²) >= 11 is 3.72. The number of piperidine rings is 1. The van der Waals surface area contributed by atoms with E-state index in [9.17, 15) is 0 Å². The lowest BCUT2D eigenvalue weighted by molar-refractivity contribution is 0.553. The molecule has 3 rings (SSSR count). The number of fused-ring (bicyclic) bond motifs is 2. The Labute approximate surface area is 111 Å². The maximum Gasteiger partial charge on any atom is 0.0513 e. The molecule has 2 N–H and O–H groups in total. The summed E-state index contributed by atoms with van der Waals surface area (Å²) in [5.74, 6) is 0.940. The number of nitrogens with two attached hydrogens (primary N) is 1. The van der Waals surface area contributed by atoms with Crippen LogP contribution in [0.25, 0.3) is 0 Å². The Bertz CT molecular complexity index is 419. The van der Waals surface area contributed by atoms with E-state index in [2.05, 4.69) is 39.0 Å². The van der Waals surface area contributed by atoms with E-state index >= 15 is 0 Å². The Hall–Kier alpha value is -0.540. The molecule has 2 fully saturated rings. The van der Waals surface area contributed by atoms with Crippen molar-refractivity contribution in [3.8, 4) is 0 Å². The molecule has 0 aromatic heterocycles. The number of halogens is 1. The third-order valence-electron chi connectivity index (χ3n) is 4.16. The molecule has 1 heterocycles. The molecule has 2 nitrogen and oxygen atoms in total. The first-order valence-electron chi connectivity index (χ1n) is 6.53. The van der Waals surface area contributed by atoms with Crippen molar-refractivity contribution in [1.82, 2.24) is 0 Å². The fourth-order valence-electron chi connectivity index (χ4n) is 3.33. The van der Waals surface area contributed by atoms with Gasteiger partial charge in [0.1, 0.15) is 0 Å². The van der Waals surface area contributed by atoms with Crippen molar-refractivity contribution < 1.29 is 0 Å². The minimum atomic E-state index is 0.722.